The van der Waals surface area contributed by atoms with Crippen molar-refractivity contribution < 1.29 is 13.2 Å². The quantitative estimate of drug-likeness (QED) is 0.510. The van der Waals surface area contributed by atoms with Gasteiger partial charge in [-0.05, 0) is 74.2 Å². The first kappa shape index (κ1) is 23.2. The average molecular weight is 469 g/mol. The van der Waals surface area contributed by atoms with Crippen LogP contribution in [0.5, 0.6) is 0 Å². The molecule has 3 heterocycles. The second kappa shape index (κ2) is 9.22. The van der Waals surface area contributed by atoms with Gasteiger partial charge in [0.1, 0.15) is 5.82 Å². The lowest BCUT2D eigenvalue weighted by Crippen LogP contribution is -2.71. The van der Waals surface area contributed by atoms with Gasteiger partial charge in [-0.25, -0.2) is 4.98 Å². The van der Waals surface area contributed by atoms with E-state index in [0.717, 1.165) is 55.9 Å². The molecule has 34 heavy (non-hydrogen) atoms. The van der Waals surface area contributed by atoms with Crippen LogP contribution in [0.15, 0.2) is 48.7 Å². The number of likely N-dealkylation sites (tertiary alicyclic amines) is 1. The van der Waals surface area contributed by atoms with E-state index in [1.807, 2.05) is 4.90 Å². The molecule has 1 aromatic carbocycles. The zero-order chi connectivity index (χ0) is 23.8. The standard InChI is InChI=1S/C27H31F3N4/c28-27(29,30)23-8-9-25(32-17-23)33-18-26(19-33,12-13-31)34-14-10-20(11-15-34)6-7-22-16-24(22)21-4-2-1-3-5-21/h1-5,8-9,17,20,22,24H,6-7,10-12,14-16,18-19H2. The maximum absolute atomic E-state index is 12.8. The number of aromatic nitrogens is 1. The number of nitrogens with zero attached hydrogens (tertiary/aromatic N) is 4. The second-order valence-corrected chi connectivity index (χ2v) is 10.3. The molecule has 2 aromatic rings. The van der Waals surface area contributed by atoms with Crippen molar-refractivity contribution >= 4 is 5.82 Å². The molecule has 0 bridgehead atoms. The third kappa shape index (κ3) is 4.79. The smallest absolute Gasteiger partial charge is 0.353 e. The van der Waals surface area contributed by atoms with E-state index in [9.17, 15) is 18.4 Å². The molecule has 5 rings (SSSR count). The van der Waals surface area contributed by atoms with Crippen LogP contribution in [0.3, 0.4) is 0 Å². The summed E-state index contributed by atoms with van der Waals surface area (Å²) in [6.07, 6.45) is 3.20. The number of hydrogen-bond donors (Lipinski definition) is 0. The second-order valence-electron chi connectivity index (χ2n) is 10.3. The SMILES string of the molecule is N#CCC1(N2CCC(CCC3CC3c3ccccc3)CC2)CN(c2ccc(C(F)(F)F)cn2)C1. The van der Waals surface area contributed by atoms with E-state index in [4.69, 9.17) is 0 Å². The summed E-state index contributed by atoms with van der Waals surface area (Å²) in [5.74, 6) is 2.88. The normalized spacial score (nSPS) is 24.9. The Bertz CT molecular complexity index is 1000. The van der Waals surface area contributed by atoms with Gasteiger partial charge in [-0.1, -0.05) is 36.8 Å². The molecule has 2 unspecified atom stereocenters. The number of halogens is 3. The highest BCUT2D eigenvalue weighted by Gasteiger charge is 2.49. The van der Waals surface area contributed by atoms with Gasteiger partial charge in [0, 0.05) is 19.3 Å². The van der Waals surface area contributed by atoms with Crippen LogP contribution in [0.25, 0.3) is 0 Å². The fourth-order valence-electron chi connectivity index (χ4n) is 5.96. The van der Waals surface area contributed by atoms with Crippen molar-refractivity contribution in [1.82, 2.24) is 9.88 Å². The van der Waals surface area contributed by atoms with Crippen molar-refractivity contribution in [3.05, 3.63) is 59.8 Å². The Balaban J connectivity index is 1.10. The summed E-state index contributed by atoms with van der Waals surface area (Å²) in [7, 11) is 0. The fraction of sp³-hybridized carbons (Fsp3) is 0.556. The van der Waals surface area contributed by atoms with E-state index in [0.29, 0.717) is 25.3 Å². The summed E-state index contributed by atoms with van der Waals surface area (Å²) in [5, 5.41) is 9.47. The molecule has 180 valence electrons. The van der Waals surface area contributed by atoms with E-state index in [2.05, 4.69) is 46.3 Å². The third-order valence-corrected chi connectivity index (χ3v) is 8.16. The molecular weight excluding hydrogens is 437 g/mol. The van der Waals surface area contributed by atoms with E-state index in [-0.39, 0.29) is 5.54 Å². The molecule has 2 atom stereocenters. The summed E-state index contributed by atoms with van der Waals surface area (Å²) >= 11 is 0. The van der Waals surface area contributed by atoms with Gasteiger partial charge in [-0.2, -0.15) is 18.4 Å². The molecule has 0 amide bonds. The molecule has 3 aliphatic rings. The molecule has 1 aromatic heterocycles. The van der Waals surface area contributed by atoms with Crippen LogP contribution in [-0.4, -0.2) is 41.6 Å². The van der Waals surface area contributed by atoms with Crippen LogP contribution in [-0.2, 0) is 6.18 Å². The van der Waals surface area contributed by atoms with Gasteiger partial charge in [0.25, 0.3) is 0 Å². The Morgan fingerprint density at radius 1 is 1.03 bits per heavy atom. The number of rotatable bonds is 7. The summed E-state index contributed by atoms with van der Waals surface area (Å²) in [6.45, 7) is 3.27. The van der Waals surface area contributed by atoms with Gasteiger partial charge in [0.15, 0.2) is 0 Å². The lowest BCUT2D eigenvalue weighted by Gasteiger charge is -2.57. The number of piperidine rings is 1. The topological polar surface area (TPSA) is 43.2 Å². The zero-order valence-electron chi connectivity index (χ0n) is 19.3. The Morgan fingerprint density at radius 2 is 1.76 bits per heavy atom. The highest BCUT2D eigenvalue weighted by molar-refractivity contribution is 5.46. The van der Waals surface area contributed by atoms with Gasteiger partial charge in [0.05, 0.1) is 23.6 Å². The highest BCUT2D eigenvalue weighted by atomic mass is 19.4. The number of hydrogen-bond acceptors (Lipinski definition) is 4. The van der Waals surface area contributed by atoms with Crippen molar-refractivity contribution in [2.45, 2.75) is 56.2 Å². The molecule has 7 heteroatoms. The van der Waals surface area contributed by atoms with Crippen molar-refractivity contribution in [1.29, 1.82) is 5.26 Å². The first-order valence-electron chi connectivity index (χ1n) is 12.3. The third-order valence-electron chi connectivity index (χ3n) is 8.16. The van der Waals surface area contributed by atoms with Gasteiger partial charge < -0.3 is 4.90 Å². The summed E-state index contributed by atoms with van der Waals surface area (Å²) in [6, 6.07) is 15.7. The molecule has 0 radical (unpaired) electrons. The Hall–Kier alpha value is -2.59. The van der Waals surface area contributed by atoms with Gasteiger partial charge >= 0.3 is 6.18 Å². The van der Waals surface area contributed by atoms with Crippen molar-refractivity contribution in [3.63, 3.8) is 0 Å². The maximum Gasteiger partial charge on any atom is 0.417 e. The van der Waals surface area contributed by atoms with E-state index < -0.39 is 11.7 Å². The molecule has 2 saturated heterocycles. The number of pyridine rings is 1. The van der Waals surface area contributed by atoms with Crippen LogP contribution in [0.4, 0.5) is 19.0 Å². The van der Waals surface area contributed by atoms with Crippen LogP contribution in [0.2, 0.25) is 0 Å². The predicted molar refractivity (Wildman–Crippen MR) is 125 cm³/mol. The average Bonchev–Trinajstić information content (AvgIpc) is 3.60. The van der Waals surface area contributed by atoms with Crippen LogP contribution in [0.1, 0.15) is 55.6 Å². The van der Waals surface area contributed by atoms with Crippen molar-refractivity contribution in [2.24, 2.45) is 11.8 Å². The number of alkyl halides is 3. The minimum atomic E-state index is -4.38. The van der Waals surface area contributed by atoms with Crippen LogP contribution < -0.4 is 4.90 Å². The number of nitriles is 1. The van der Waals surface area contributed by atoms with Crippen molar-refractivity contribution in [3.8, 4) is 6.07 Å². The summed E-state index contributed by atoms with van der Waals surface area (Å²) in [5.41, 5.74) is 0.542. The van der Waals surface area contributed by atoms with E-state index in [1.165, 1.54) is 30.9 Å². The highest BCUT2D eigenvalue weighted by Crippen LogP contribution is 2.51. The van der Waals surface area contributed by atoms with E-state index >= 15 is 0 Å². The molecule has 0 N–H and O–H groups in total. The molecule has 4 nitrogen and oxygen atoms in total. The van der Waals surface area contributed by atoms with Crippen molar-refractivity contribution in [2.75, 3.05) is 31.1 Å². The summed E-state index contributed by atoms with van der Waals surface area (Å²) in [4.78, 5) is 8.47. The first-order valence-corrected chi connectivity index (χ1v) is 12.3. The molecule has 1 aliphatic carbocycles. The largest absolute Gasteiger partial charge is 0.417 e. The Labute approximate surface area is 199 Å². The first-order chi connectivity index (χ1) is 16.4. The predicted octanol–water partition coefficient (Wildman–Crippen LogP) is 5.87. The minimum absolute atomic E-state index is 0.209. The van der Waals surface area contributed by atoms with Gasteiger partial charge in [-0.3, -0.25) is 4.90 Å². The zero-order valence-corrected chi connectivity index (χ0v) is 19.3. The van der Waals surface area contributed by atoms with E-state index in [1.54, 1.807) is 0 Å². The molecule has 1 saturated carbocycles. The van der Waals surface area contributed by atoms with Crippen LogP contribution in [0, 0.1) is 23.2 Å². The minimum Gasteiger partial charge on any atom is -0.353 e. The molecule has 2 aliphatic heterocycles. The molecular formula is C27H31F3N4. The summed E-state index contributed by atoms with van der Waals surface area (Å²) < 4.78 is 38.5. The lowest BCUT2D eigenvalue weighted by molar-refractivity contribution is -0.137. The van der Waals surface area contributed by atoms with Gasteiger partial charge in [0.2, 0.25) is 0 Å². The fourth-order valence-corrected chi connectivity index (χ4v) is 5.96. The lowest BCUT2D eigenvalue weighted by atomic mass is 9.81. The Kier molecular flexibility index (Phi) is 6.28. The number of anilines is 1. The number of benzene rings is 1. The van der Waals surface area contributed by atoms with Crippen LogP contribution >= 0.6 is 0 Å². The monoisotopic (exact) mass is 468 g/mol. The maximum atomic E-state index is 12.8. The Morgan fingerprint density at radius 3 is 2.38 bits per heavy atom. The molecule has 3 fully saturated rings. The molecule has 0 spiro atoms. The van der Waals surface area contributed by atoms with Gasteiger partial charge in [-0.15, -0.1) is 0 Å².